The number of rotatable bonds is 4. The van der Waals surface area contributed by atoms with Crippen LogP contribution in [0.4, 0.5) is 0 Å². The Kier molecular flexibility index (Phi) is 3.97. The van der Waals surface area contributed by atoms with Gasteiger partial charge in [0, 0.05) is 18.0 Å². The fraction of sp³-hybridized carbons (Fsp3) is 0.364. The van der Waals surface area contributed by atoms with E-state index in [2.05, 4.69) is 9.72 Å². The number of hydrogen-bond donors (Lipinski definition) is 0. The summed E-state index contributed by atoms with van der Waals surface area (Å²) in [6.45, 7) is 1.78. The first-order valence-electron chi connectivity index (χ1n) is 4.72. The summed E-state index contributed by atoms with van der Waals surface area (Å²) in [6, 6.07) is 3.18. The second-order valence-corrected chi connectivity index (χ2v) is 3.08. The molecule has 0 saturated carbocycles. The summed E-state index contributed by atoms with van der Waals surface area (Å²) in [5.74, 6) is -1.41. The van der Waals surface area contributed by atoms with Crippen LogP contribution in [-0.4, -0.2) is 23.8 Å². The Morgan fingerprint density at radius 1 is 1.40 bits per heavy atom. The lowest BCUT2D eigenvalue weighted by molar-refractivity contribution is -0.143. The molecule has 1 aromatic heterocycles. The quantitative estimate of drug-likeness (QED) is 0.426. The van der Waals surface area contributed by atoms with Crippen LogP contribution in [0.2, 0.25) is 0 Å². The maximum atomic E-state index is 11.8. The van der Waals surface area contributed by atoms with Gasteiger partial charge in [-0.3, -0.25) is 14.6 Å². The summed E-state index contributed by atoms with van der Waals surface area (Å²) >= 11 is 0. The predicted molar refractivity (Wildman–Crippen MR) is 54.4 cm³/mol. The first-order valence-corrected chi connectivity index (χ1v) is 4.72. The van der Waals surface area contributed by atoms with Crippen LogP contribution >= 0.6 is 0 Å². The third kappa shape index (κ3) is 2.62. The van der Waals surface area contributed by atoms with Crippen molar-refractivity contribution in [1.29, 1.82) is 0 Å². The SMILES string of the molecule is CCC(C(=O)OC)C(=O)c1ccncc1. The number of nitrogens with zero attached hydrogens (tertiary/aromatic N) is 1. The number of esters is 1. The van der Waals surface area contributed by atoms with Gasteiger partial charge in [-0.2, -0.15) is 0 Å². The van der Waals surface area contributed by atoms with Crippen LogP contribution in [0.1, 0.15) is 23.7 Å². The Labute approximate surface area is 88.3 Å². The van der Waals surface area contributed by atoms with E-state index in [1.54, 1.807) is 19.1 Å². The van der Waals surface area contributed by atoms with Gasteiger partial charge < -0.3 is 4.74 Å². The van der Waals surface area contributed by atoms with Crippen LogP contribution in [0, 0.1) is 5.92 Å². The van der Waals surface area contributed by atoms with Gasteiger partial charge in [-0.25, -0.2) is 0 Å². The Bertz CT molecular complexity index is 348. The fourth-order valence-corrected chi connectivity index (χ4v) is 1.32. The van der Waals surface area contributed by atoms with Crippen LogP contribution in [0.25, 0.3) is 0 Å². The van der Waals surface area contributed by atoms with E-state index in [-0.39, 0.29) is 5.78 Å². The number of hydrogen-bond acceptors (Lipinski definition) is 4. The summed E-state index contributed by atoms with van der Waals surface area (Å²) < 4.78 is 4.57. The lowest BCUT2D eigenvalue weighted by Crippen LogP contribution is -2.24. The molecule has 1 atom stereocenters. The molecule has 0 aliphatic heterocycles. The topological polar surface area (TPSA) is 56.3 Å². The van der Waals surface area contributed by atoms with Crippen molar-refractivity contribution in [1.82, 2.24) is 4.98 Å². The molecule has 0 N–H and O–H groups in total. The molecule has 0 aromatic carbocycles. The summed E-state index contributed by atoms with van der Waals surface area (Å²) in [5, 5.41) is 0. The van der Waals surface area contributed by atoms with Crippen molar-refractivity contribution in [3.8, 4) is 0 Å². The minimum absolute atomic E-state index is 0.216. The number of carbonyl (C=O) groups excluding carboxylic acids is 2. The van der Waals surface area contributed by atoms with Crippen molar-refractivity contribution in [2.24, 2.45) is 5.92 Å². The van der Waals surface area contributed by atoms with Crippen LogP contribution in [0.15, 0.2) is 24.5 Å². The minimum atomic E-state index is -0.711. The molecule has 0 radical (unpaired) electrons. The summed E-state index contributed by atoms with van der Waals surface area (Å²) in [5.41, 5.74) is 0.488. The predicted octanol–water partition coefficient (Wildman–Crippen LogP) is 1.46. The second-order valence-electron chi connectivity index (χ2n) is 3.08. The molecule has 0 fully saturated rings. The number of Topliss-reactive ketones (excluding diaryl/α,β-unsaturated/α-hetero) is 1. The zero-order chi connectivity index (χ0) is 11.3. The molecule has 1 rings (SSSR count). The van der Waals surface area contributed by atoms with Gasteiger partial charge in [-0.15, -0.1) is 0 Å². The lowest BCUT2D eigenvalue weighted by Gasteiger charge is -2.10. The van der Waals surface area contributed by atoms with Gasteiger partial charge in [-0.05, 0) is 18.6 Å². The Morgan fingerprint density at radius 2 is 2.00 bits per heavy atom. The number of ketones is 1. The van der Waals surface area contributed by atoms with Gasteiger partial charge in [0.05, 0.1) is 7.11 Å². The number of aromatic nitrogens is 1. The number of methoxy groups -OCH3 is 1. The highest BCUT2D eigenvalue weighted by Gasteiger charge is 2.26. The molecule has 0 amide bonds. The zero-order valence-corrected chi connectivity index (χ0v) is 8.77. The van der Waals surface area contributed by atoms with Gasteiger partial charge in [-0.1, -0.05) is 6.92 Å². The Balaban J connectivity index is 2.87. The zero-order valence-electron chi connectivity index (χ0n) is 8.77. The monoisotopic (exact) mass is 207 g/mol. The number of carbonyl (C=O) groups is 2. The van der Waals surface area contributed by atoms with Crippen molar-refractivity contribution in [2.75, 3.05) is 7.11 Å². The van der Waals surface area contributed by atoms with Gasteiger partial charge >= 0.3 is 5.97 Å². The first kappa shape index (κ1) is 11.4. The first-order chi connectivity index (χ1) is 7.20. The van der Waals surface area contributed by atoms with Crippen molar-refractivity contribution in [2.45, 2.75) is 13.3 Å². The van der Waals surface area contributed by atoms with E-state index < -0.39 is 11.9 Å². The van der Waals surface area contributed by atoms with E-state index in [0.29, 0.717) is 12.0 Å². The smallest absolute Gasteiger partial charge is 0.316 e. The van der Waals surface area contributed by atoms with Gasteiger partial charge in [0.1, 0.15) is 5.92 Å². The molecule has 0 aliphatic rings. The summed E-state index contributed by atoms with van der Waals surface area (Å²) in [7, 11) is 1.28. The molecule has 0 spiro atoms. The maximum Gasteiger partial charge on any atom is 0.316 e. The number of pyridine rings is 1. The molecule has 4 nitrogen and oxygen atoms in total. The van der Waals surface area contributed by atoms with Crippen LogP contribution in [0.3, 0.4) is 0 Å². The molecule has 15 heavy (non-hydrogen) atoms. The lowest BCUT2D eigenvalue weighted by atomic mass is 9.96. The number of ether oxygens (including phenoxy) is 1. The average Bonchev–Trinajstić information content (AvgIpc) is 2.30. The average molecular weight is 207 g/mol. The Hall–Kier alpha value is -1.71. The van der Waals surface area contributed by atoms with E-state index in [1.165, 1.54) is 19.5 Å². The largest absolute Gasteiger partial charge is 0.468 e. The van der Waals surface area contributed by atoms with E-state index in [4.69, 9.17) is 0 Å². The Morgan fingerprint density at radius 3 is 2.47 bits per heavy atom. The fourth-order valence-electron chi connectivity index (χ4n) is 1.32. The van der Waals surface area contributed by atoms with Gasteiger partial charge in [0.15, 0.2) is 5.78 Å². The summed E-state index contributed by atoms with van der Waals surface area (Å²) in [4.78, 5) is 27.0. The van der Waals surface area contributed by atoms with Crippen molar-refractivity contribution < 1.29 is 14.3 Å². The third-order valence-corrected chi connectivity index (χ3v) is 2.18. The highest BCUT2D eigenvalue weighted by Crippen LogP contribution is 2.13. The minimum Gasteiger partial charge on any atom is -0.468 e. The van der Waals surface area contributed by atoms with Crippen LogP contribution in [-0.2, 0) is 9.53 Å². The van der Waals surface area contributed by atoms with Crippen LogP contribution < -0.4 is 0 Å². The maximum absolute atomic E-state index is 11.8. The van der Waals surface area contributed by atoms with E-state index in [1.807, 2.05) is 0 Å². The van der Waals surface area contributed by atoms with E-state index >= 15 is 0 Å². The third-order valence-electron chi connectivity index (χ3n) is 2.18. The van der Waals surface area contributed by atoms with Crippen LogP contribution in [0.5, 0.6) is 0 Å². The van der Waals surface area contributed by atoms with E-state index in [9.17, 15) is 9.59 Å². The molecule has 0 bridgehead atoms. The van der Waals surface area contributed by atoms with Crippen molar-refractivity contribution in [3.05, 3.63) is 30.1 Å². The highest BCUT2D eigenvalue weighted by atomic mass is 16.5. The molecular formula is C11H13NO3. The van der Waals surface area contributed by atoms with Crippen molar-refractivity contribution in [3.63, 3.8) is 0 Å². The van der Waals surface area contributed by atoms with E-state index in [0.717, 1.165) is 0 Å². The molecule has 0 aliphatic carbocycles. The molecular weight excluding hydrogens is 194 g/mol. The second kappa shape index (κ2) is 5.24. The summed E-state index contributed by atoms with van der Waals surface area (Å²) in [6.07, 6.45) is 3.49. The molecule has 1 heterocycles. The molecule has 0 saturated heterocycles. The molecule has 4 heteroatoms. The molecule has 1 unspecified atom stereocenters. The van der Waals surface area contributed by atoms with Gasteiger partial charge in [0.25, 0.3) is 0 Å². The highest BCUT2D eigenvalue weighted by molar-refractivity contribution is 6.08. The van der Waals surface area contributed by atoms with Gasteiger partial charge in [0.2, 0.25) is 0 Å². The standard InChI is InChI=1S/C11H13NO3/c1-3-9(11(14)15-2)10(13)8-4-6-12-7-5-8/h4-7,9H,3H2,1-2H3. The molecule has 1 aromatic rings. The molecule has 80 valence electrons. The normalized spacial score (nSPS) is 11.9. The van der Waals surface area contributed by atoms with Crippen molar-refractivity contribution >= 4 is 11.8 Å².